The van der Waals surface area contributed by atoms with Gasteiger partial charge in [0, 0.05) is 25.2 Å². The van der Waals surface area contributed by atoms with Crippen LogP contribution >= 0.6 is 0 Å². The molecule has 3 N–H and O–H groups in total. The van der Waals surface area contributed by atoms with Crippen molar-refractivity contribution in [3.05, 3.63) is 35.9 Å². The summed E-state index contributed by atoms with van der Waals surface area (Å²) in [6.45, 7) is 4.77. The van der Waals surface area contributed by atoms with Crippen molar-refractivity contribution in [2.75, 3.05) is 23.7 Å². The Kier molecular flexibility index (Phi) is 3.47. The SMILES string of the molecule is CCNC(=O)c1ccc(N)c(N2CCn3cnnc3C2)c1. The van der Waals surface area contributed by atoms with Gasteiger partial charge < -0.3 is 20.5 Å². The molecule has 21 heavy (non-hydrogen) atoms. The molecular weight excluding hydrogens is 268 g/mol. The highest BCUT2D eigenvalue weighted by Crippen LogP contribution is 2.27. The summed E-state index contributed by atoms with van der Waals surface area (Å²) in [7, 11) is 0. The summed E-state index contributed by atoms with van der Waals surface area (Å²) in [5, 5.41) is 10.8. The number of nitrogens with one attached hydrogen (secondary N) is 1. The van der Waals surface area contributed by atoms with Gasteiger partial charge in [-0.1, -0.05) is 0 Å². The van der Waals surface area contributed by atoms with E-state index in [-0.39, 0.29) is 5.91 Å². The van der Waals surface area contributed by atoms with Crippen molar-refractivity contribution in [1.29, 1.82) is 0 Å². The van der Waals surface area contributed by atoms with Crippen LogP contribution in [0.5, 0.6) is 0 Å². The Morgan fingerprint density at radius 3 is 3.10 bits per heavy atom. The first-order valence-electron chi connectivity index (χ1n) is 6.98. The van der Waals surface area contributed by atoms with E-state index < -0.39 is 0 Å². The minimum Gasteiger partial charge on any atom is -0.397 e. The van der Waals surface area contributed by atoms with Crippen LogP contribution in [0.25, 0.3) is 0 Å². The van der Waals surface area contributed by atoms with Gasteiger partial charge in [-0.3, -0.25) is 4.79 Å². The molecule has 0 fully saturated rings. The molecule has 0 radical (unpaired) electrons. The molecule has 0 aliphatic carbocycles. The van der Waals surface area contributed by atoms with Gasteiger partial charge >= 0.3 is 0 Å². The molecule has 0 bridgehead atoms. The van der Waals surface area contributed by atoms with E-state index >= 15 is 0 Å². The van der Waals surface area contributed by atoms with Gasteiger partial charge in [0.2, 0.25) is 0 Å². The zero-order valence-corrected chi connectivity index (χ0v) is 11.9. The summed E-state index contributed by atoms with van der Waals surface area (Å²) in [5.74, 6) is 0.822. The molecule has 1 amide bonds. The molecule has 1 aliphatic heterocycles. The van der Waals surface area contributed by atoms with Crippen LogP contribution in [0.15, 0.2) is 24.5 Å². The number of carbonyl (C=O) groups is 1. The first-order chi connectivity index (χ1) is 10.2. The highest BCUT2D eigenvalue weighted by molar-refractivity contribution is 5.96. The minimum atomic E-state index is -0.0843. The molecule has 0 saturated heterocycles. The standard InChI is InChI=1S/C14H18N6O/c1-2-16-14(21)10-3-4-11(15)12(7-10)19-5-6-20-9-17-18-13(20)8-19/h3-4,7,9H,2,5-6,8,15H2,1H3,(H,16,21). The molecule has 0 unspecified atom stereocenters. The van der Waals surface area contributed by atoms with Gasteiger partial charge in [0.25, 0.3) is 5.91 Å². The number of benzene rings is 1. The first-order valence-corrected chi connectivity index (χ1v) is 6.98. The van der Waals surface area contributed by atoms with Gasteiger partial charge in [0.05, 0.1) is 17.9 Å². The van der Waals surface area contributed by atoms with E-state index in [1.54, 1.807) is 18.5 Å². The molecular formula is C14H18N6O. The van der Waals surface area contributed by atoms with Gasteiger partial charge in [-0.05, 0) is 25.1 Å². The Hall–Kier alpha value is -2.57. The number of aromatic nitrogens is 3. The van der Waals surface area contributed by atoms with Gasteiger partial charge in [-0.25, -0.2) is 0 Å². The summed E-state index contributed by atoms with van der Waals surface area (Å²) in [6, 6.07) is 5.36. The zero-order chi connectivity index (χ0) is 14.8. The van der Waals surface area contributed by atoms with E-state index in [1.165, 1.54) is 0 Å². The number of rotatable bonds is 3. The van der Waals surface area contributed by atoms with E-state index in [9.17, 15) is 4.79 Å². The van der Waals surface area contributed by atoms with Crippen molar-refractivity contribution >= 4 is 17.3 Å². The van der Waals surface area contributed by atoms with Gasteiger partial charge in [0.1, 0.15) is 6.33 Å². The third-order valence-electron chi connectivity index (χ3n) is 3.61. The zero-order valence-electron chi connectivity index (χ0n) is 11.9. The number of nitrogens with two attached hydrogens (primary N) is 1. The molecule has 0 atom stereocenters. The number of fused-ring (bicyclic) bond motifs is 1. The van der Waals surface area contributed by atoms with Crippen LogP contribution in [0.4, 0.5) is 11.4 Å². The second-order valence-corrected chi connectivity index (χ2v) is 5.00. The summed E-state index contributed by atoms with van der Waals surface area (Å²) < 4.78 is 2.03. The predicted molar refractivity (Wildman–Crippen MR) is 79.9 cm³/mol. The van der Waals surface area contributed by atoms with Crippen molar-refractivity contribution < 1.29 is 4.79 Å². The molecule has 2 aromatic rings. The molecule has 0 spiro atoms. The van der Waals surface area contributed by atoms with Crippen molar-refractivity contribution in [2.45, 2.75) is 20.0 Å². The maximum absolute atomic E-state index is 12.0. The number of nitrogens with zero attached hydrogens (tertiary/aromatic N) is 4. The topological polar surface area (TPSA) is 89.1 Å². The number of hydrogen-bond donors (Lipinski definition) is 2. The average Bonchev–Trinajstić information content (AvgIpc) is 2.95. The lowest BCUT2D eigenvalue weighted by atomic mass is 10.1. The third kappa shape index (κ3) is 2.54. The largest absolute Gasteiger partial charge is 0.397 e. The predicted octanol–water partition coefficient (Wildman–Crippen LogP) is 0.630. The Morgan fingerprint density at radius 1 is 1.43 bits per heavy atom. The van der Waals surface area contributed by atoms with E-state index in [0.717, 1.165) is 24.6 Å². The smallest absolute Gasteiger partial charge is 0.251 e. The fraction of sp³-hybridized carbons (Fsp3) is 0.357. The van der Waals surface area contributed by atoms with Gasteiger partial charge in [0.15, 0.2) is 5.82 Å². The Labute approximate surface area is 122 Å². The first kappa shape index (κ1) is 13.4. The Morgan fingerprint density at radius 2 is 2.29 bits per heavy atom. The van der Waals surface area contributed by atoms with E-state index in [2.05, 4.69) is 20.4 Å². The molecule has 2 heterocycles. The van der Waals surface area contributed by atoms with Crippen LogP contribution in [0.1, 0.15) is 23.1 Å². The van der Waals surface area contributed by atoms with Crippen molar-refractivity contribution in [3.63, 3.8) is 0 Å². The Bertz CT molecular complexity index is 665. The second kappa shape index (κ2) is 5.43. The van der Waals surface area contributed by atoms with E-state index in [1.807, 2.05) is 17.6 Å². The number of anilines is 2. The number of hydrogen-bond acceptors (Lipinski definition) is 5. The van der Waals surface area contributed by atoms with Crippen LogP contribution in [-0.2, 0) is 13.1 Å². The quantitative estimate of drug-likeness (QED) is 0.808. The average molecular weight is 286 g/mol. The molecule has 7 nitrogen and oxygen atoms in total. The van der Waals surface area contributed by atoms with Crippen LogP contribution in [0.2, 0.25) is 0 Å². The molecule has 110 valence electrons. The summed E-state index contributed by atoms with van der Waals surface area (Å²) in [6.07, 6.45) is 1.74. The van der Waals surface area contributed by atoms with Crippen LogP contribution in [0.3, 0.4) is 0 Å². The van der Waals surface area contributed by atoms with Gasteiger partial charge in [-0.2, -0.15) is 0 Å². The van der Waals surface area contributed by atoms with Crippen molar-refractivity contribution in [1.82, 2.24) is 20.1 Å². The molecule has 3 rings (SSSR count). The monoisotopic (exact) mass is 286 g/mol. The van der Waals surface area contributed by atoms with E-state index in [0.29, 0.717) is 24.3 Å². The molecule has 1 aromatic heterocycles. The maximum atomic E-state index is 12.0. The highest BCUT2D eigenvalue weighted by atomic mass is 16.1. The summed E-state index contributed by atoms with van der Waals surface area (Å²) in [4.78, 5) is 14.1. The summed E-state index contributed by atoms with van der Waals surface area (Å²) >= 11 is 0. The highest BCUT2D eigenvalue weighted by Gasteiger charge is 2.20. The van der Waals surface area contributed by atoms with Crippen molar-refractivity contribution in [3.8, 4) is 0 Å². The molecule has 0 saturated carbocycles. The fourth-order valence-corrected chi connectivity index (χ4v) is 2.49. The fourth-order valence-electron chi connectivity index (χ4n) is 2.49. The van der Waals surface area contributed by atoms with Crippen molar-refractivity contribution in [2.24, 2.45) is 0 Å². The van der Waals surface area contributed by atoms with Crippen LogP contribution in [-0.4, -0.2) is 33.8 Å². The Balaban J connectivity index is 1.88. The number of nitrogen functional groups attached to an aromatic ring is 1. The normalized spacial score (nSPS) is 13.9. The number of carbonyl (C=O) groups excluding carboxylic acids is 1. The maximum Gasteiger partial charge on any atom is 0.251 e. The number of amides is 1. The minimum absolute atomic E-state index is 0.0843. The lowest BCUT2D eigenvalue weighted by Gasteiger charge is -2.30. The third-order valence-corrected chi connectivity index (χ3v) is 3.61. The molecule has 7 heteroatoms. The molecule has 1 aliphatic rings. The van der Waals surface area contributed by atoms with E-state index in [4.69, 9.17) is 5.73 Å². The van der Waals surface area contributed by atoms with Crippen LogP contribution in [0, 0.1) is 0 Å². The molecule has 1 aromatic carbocycles. The lowest BCUT2D eigenvalue weighted by Crippen LogP contribution is -2.34. The second-order valence-electron chi connectivity index (χ2n) is 5.00. The lowest BCUT2D eigenvalue weighted by molar-refractivity contribution is 0.0956. The summed E-state index contributed by atoms with van der Waals surface area (Å²) in [5.41, 5.74) is 8.22. The van der Waals surface area contributed by atoms with Gasteiger partial charge in [-0.15, -0.1) is 10.2 Å². The van der Waals surface area contributed by atoms with Crippen LogP contribution < -0.4 is 16.0 Å².